The average molecular weight is 271 g/mol. The summed E-state index contributed by atoms with van der Waals surface area (Å²) < 4.78 is 4.84. The van der Waals surface area contributed by atoms with Crippen molar-refractivity contribution in [2.75, 3.05) is 13.2 Å². The largest absolute Gasteiger partial charge is 0.466 e. The molecule has 0 saturated carbocycles. The van der Waals surface area contributed by atoms with Crippen molar-refractivity contribution in [3.63, 3.8) is 0 Å². The zero-order chi connectivity index (χ0) is 14.3. The second-order valence-corrected chi connectivity index (χ2v) is 4.78. The number of hydrogen-bond acceptors (Lipinski definition) is 3. The lowest BCUT2D eigenvalue weighted by molar-refractivity contribution is -0.143. The van der Waals surface area contributed by atoms with Gasteiger partial charge in [0.1, 0.15) is 0 Å². The number of esters is 1. The van der Waals surface area contributed by atoms with E-state index in [0.717, 1.165) is 38.6 Å². The fourth-order valence-corrected chi connectivity index (χ4v) is 1.83. The normalized spacial score (nSPS) is 10.2. The summed E-state index contributed by atoms with van der Waals surface area (Å²) in [6, 6.07) is 0. The van der Waals surface area contributed by atoms with Crippen molar-refractivity contribution >= 4 is 11.9 Å². The molecule has 0 rings (SSSR count). The van der Waals surface area contributed by atoms with Crippen molar-refractivity contribution in [1.29, 1.82) is 0 Å². The number of carbonyl (C=O) groups is 2. The SMILES string of the molecule is CCCCCCC(=O)NCCCCCC(=O)OCC. The van der Waals surface area contributed by atoms with Crippen LogP contribution in [0.1, 0.15) is 71.6 Å². The van der Waals surface area contributed by atoms with Crippen LogP contribution in [-0.2, 0) is 14.3 Å². The number of carbonyl (C=O) groups excluding carboxylic acids is 2. The highest BCUT2D eigenvalue weighted by Crippen LogP contribution is 2.03. The van der Waals surface area contributed by atoms with Gasteiger partial charge in [-0.1, -0.05) is 32.6 Å². The smallest absolute Gasteiger partial charge is 0.305 e. The second kappa shape index (κ2) is 13.4. The van der Waals surface area contributed by atoms with Gasteiger partial charge in [-0.25, -0.2) is 0 Å². The summed E-state index contributed by atoms with van der Waals surface area (Å²) in [6.45, 7) is 5.15. The fraction of sp³-hybridized carbons (Fsp3) is 0.867. The van der Waals surface area contributed by atoms with Crippen LogP contribution in [0.3, 0.4) is 0 Å². The van der Waals surface area contributed by atoms with Gasteiger partial charge in [-0.2, -0.15) is 0 Å². The van der Waals surface area contributed by atoms with E-state index in [9.17, 15) is 9.59 Å². The Morgan fingerprint density at radius 2 is 1.58 bits per heavy atom. The van der Waals surface area contributed by atoms with E-state index in [1.165, 1.54) is 12.8 Å². The van der Waals surface area contributed by atoms with E-state index in [1.807, 2.05) is 6.92 Å². The molecule has 4 nitrogen and oxygen atoms in total. The maximum absolute atomic E-state index is 11.4. The minimum atomic E-state index is -0.123. The van der Waals surface area contributed by atoms with Crippen molar-refractivity contribution in [1.82, 2.24) is 5.32 Å². The molecule has 0 unspecified atom stereocenters. The van der Waals surface area contributed by atoms with Gasteiger partial charge in [0.15, 0.2) is 0 Å². The van der Waals surface area contributed by atoms with Crippen LogP contribution in [0, 0.1) is 0 Å². The molecule has 0 aromatic carbocycles. The van der Waals surface area contributed by atoms with Gasteiger partial charge in [0.25, 0.3) is 0 Å². The van der Waals surface area contributed by atoms with Crippen LogP contribution < -0.4 is 5.32 Å². The average Bonchev–Trinajstić information content (AvgIpc) is 2.39. The molecule has 0 aromatic heterocycles. The van der Waals surface area contributed by atoms with E-state index in [-0.39, 0.29) is 11.9 Å². The molecule has 0 radical (unpaired) electrons. The summed E-state index contributed by atoms with van der Waals surface area (Å²) in [4.78, 5) is 22.5. The van der Waals surface area contributed by atoms with E-state index in [2.05, 4.69) is 12.2 Å². The summed E-state index contributed by atoms with van der Waals surface area (Å²) >= 11 is 0. The minimum absolute atomic E-state index is 0.123. The molecule has 1 amide bonds. The number of rotatable bonds is 12. The summed E-state index contributed by atoms with van der Waals surface area (Å²) in [5.74, 6) is 0.0314. The Kier molecular flexibility index (Phi) is 12.6. The molecule has 1 N–H and O–H groups in total. The highest BCUT2D eigenvalue weighted by Gasteiger charge is 2.02. The summed E-state index contributed by atoms with van der Waals surface area (Å²) in [7, 11) is 0. The molecular formula is C15H29NO3. The molecule has 0 aliphatic rings. The number of hydrogen-bond donors (Lipinski definition) is 1. The molecule has 0 bridgehead atoms. The van der Waals surface area contributed by atoms with E-state index in [0.29, 0.717) is 19.4 Å². The Hall–Kier alpha value is -1.06. The first-order valence-corrected chi connectivity index (χ1v) is 7.63. The maximum atomic E-state index is 11.4. The Morgan fingerprint density at radius 3 is 2.26 bits per heavy atom. The molecule has 0 aromatic rings. The lowest BCUT2D eigenvalue weighted by atomic mass is 10.1. The first-order valence-electron chi connectivity index (χ1n) is 7.63. The van der Waals surface area contributed by atoms with Crippen LogP contribution in [0.4, 0.5) is 0 Å². The number of ether oxygens (including phenoxy) is 1. The molecule has 0 aliphatic heterocycles. The Morgan fingerprint density at radius 1 is 0.895 bits per heavy atom. The zero-order valence-corrected chi connectivity index (χ0v) is 12.5. The second-order valence-electron chi connectivity index (χ2n) is 4.78. The van der Waals surface area contributed by atoms with Crippen molar-refractivity contribution in [2.24, 2.45) is 0 Å². The van der Waals surface area contributed by atoms with Gasteiger partial charge in [0, 0.05) is 19.4 Å². The van der Waals surface area contributed by atoms with Crippen LogP contribution in [0.2, 0.25) is 0 Å². The maximum Gasteiger partial charge on any atom is 0.305 e. The number of unbranched alkanes of at least 4 members (excludes halogenated alkanes) is 5. The first kappa shape index (κ1) is 17.9. The molecule has 19 heavy (non-hydrogen) atoms. The van der Waals surface area contributed by atoms with Crippen molar-refractivity contribution < 1.29 is 14.3 Å². The summed E-state index contributed by atoms with van der Waals surface area (Å²) in [5.41, 5.74) is 0. The van der Waals surface area contributed by atoms with Gasteiger partial charge in [0.2, 0.25) is 5.91 Å². The number of nitrogens with one attached hydrogen (secondary N) is 1. The van der Waals surface area contributed by atoms with E-state index >= 15 is 0 Å². The van der Waals surface area contributed by atoms with Gasteiger partial charge in [0.05, 0.1) is 6.61 Å². The Balaban J connectivity index is 3.25. The topological polar surface area (TPSA) is 55.4 Å². The number of amides is 1. The quantitative estimate of drug-likeness (QED) is 0.438. The van der Waals surface area contributed by atoms with Gasteiger partial charge >= 0.3 is 5.97 Å². The zero-order valence-electron chi connectivity index (χ0n) is 12.5. The third-order valence-electron chi connectivity index (χ3n) is 2.94. The van der Waals surface area contributed by atoms with Crippen molar-refractivity contribution in [3.05, 3.63) is 0 Å². The molecule has 0 heterocycles. The molecule has 0 spiro atoms. The Labute approximate surface area is 117 Å². The van der Waals surface area contributed by atoms with E-state index in [1.54, 1.807) is 0 Å². The van der Waals surface area contributed by atoms with E-state index in [4.69, 9.17) is 4.74 Å². The van der Waals surface area contributed by atoms with Crippen LogP contribution in [-0.4, -0.2) is 25.0 Å². The molecule has 4 heteroatoms. The highest BCUT2D eigenvalue weighted by molar-refractivity contribution is 5.75. The molecule has 112 valence electrons. The van der Waals surface area contributed by atoms with E-state index < -0.39 is 0 Å². The lowest BCUT2D eigenvalue weighted by Gasteiger charge is -2.05. The van der Waals surface area contributed by atoms with Gasteiger partial charge in [-0.15, -0.1) is 0 Å². The van der Waals surface area contributed by atoms with Gasteiger partial charge < -0.3 is 10.1 Å². The summed E-state index contributed by atoms with van der Waals surface area (Å²) in [5, 5.41) is 2.92. The van der Waals surface area contributed by atoms with Gasteiger partial charge in [-0.3, -0.25) is 9.59 Å². The van der Waals surface area contributed by atoms with Gasteiger partial charge in [-0.05, 0) is 26.2 Å². The third kappa shape index (κ3) is 13.2. The highest BCUT2D eigenvalue weighted by atomic mass is 16.5. The molecular weight excluding hydrogens is 242 g/mol. The molecule has 0 fully saturated rings. The fourth-order valence-electron chi connectivity index (χ4n) is 1.83. The molecule has 0 atom stereocenters. The predicted molar refractivity (Wildman–Crippen MR) is 76.9 cm³/mol. The Bertz CT molecular complexity index is 242. The van der Waals surface area contributed by atoms with Crippen molar-refractivity contribution in [2.45, 2.75) is 71.6 Å². The van der Waals surface area contributed by atoms with Crippen molar-refractivity contribution in [3.8, 4) is 0 Å². The monoisotopic (exact) mass is 271 g/mol. The van der Waals surface area contributed by atoms with Crippen LogP contribution in [0.15, 0.2) is 0 Å². The third-order valence-corrected chi connectivity index (χ3v) is 2.94. The molecule has 0 saturated heterocycles. The first-order chi connectivity index (χ1) is 9.20. The van der Waals surface area contributed by atoms with Crippen LogP contribution in [0.5, 0.6) is 0 Å². The predicted octanol–water partition coefficient (Wildman–Crippen LogP) is 3.20. The molecule has 0 aliphatic carbocycles. The summed E-state index contributed by atoms with van der Waals surface area (Å²) in [6.07, 6.45) is 8.39. The van der Waals surface area contributed by atoms with Crippen LogP contribution >= 0.6 is 0 Å². The minimum Gasteiger partial charge on any atom is -0.466 e. The lowest BCUT2D eigenvalue weighted by Crippen LogP contribution is -2.24. The standard InChI is InChI=1S/C15H29NO3/c1-3-5-6-8-11-14(17)16-13-10-7-9-12-15(18)19-4-2/h3-13H2,1-2H3,(H,16,17). The van der Waals surface area contributed by atoms with Crippen LogP contribution in [0.25, 0.3) is 0 Å².